The lowest BCUT2D eigenvalue weighted by Gasteiger charge is -2.34. The average molecular weight is 353 g/mol. The third-order valence-electron chi connectivity index (χ3n) is 5.56. The van der Waals surface area contributed by atoms with E-state index in [2.05, 4.69) is 24.3 Å². The molecule has 1 heterocycles. The summed E-state index contributed by atoms with van der Waals surface area (Å²) in [6, 6.07) is 11.3. The van der Waals surface area contributed by atoms with Crippen molar-refractivity contribution in [2.24, 2.45) is 11.8 Å². The summed E-state index contributed by atoms with van der Waals surface area (Å²) in [4.78, 5) is 24.6. The van der Waals surface area contributed by atoms with E-state index in [1.54, 1.807) is 6.07 Å². The predicted octanol–water partition coefficient (Wildman–Crippen LogP) is 3.16. The van der Waals surface area contributed by atoms with Crippen LogP contribution >= 0.6 is 0 Å². The number of amides is 1. The Bertz CT molecular complexity index is 826. The van der Waals surface area contributed by atoms with Crippen LogP contribution in [-0.4, -0.2) is 21.7 Å². The number of aryl methyl sites for hydroxylation is 1. The molecule has 1 fully saturated rings. The Balaban J connectivity index is 1.72. The third-order valence-corrected chi connectivity index (χ3v) is 5.56. The van der Waals surface area contributed by atoms with Crippen molar-refractivity contribution in [3.63, 3.8) is 0 Å². The highest BCUT2D eigenvalue weighted by atomic mass is 16.2. The number of rotatable bonds is 4. The molecule has 1 N–H and O–H groups in total. The highest BCUT2D eigenvalue weighted by Crippen LogP contribution is 2.29. The Labute approximate surface area is 154 Å². The maximum Gasteiger partial charge on any atom is 0.267 e. The van der Waals surface area contributed by atoms with E-state index in [1.807, 2.05) is 31.2 Å². The van der Waals surface area contributed by atoms with Gasteiger partial charge >= 0.3 is 0 Å². The SMILES string of the molecule is Cc1ccc(-c2ccc(=O)n(CC(=O)N[C@@H]3CCC[C@@H](C)[C@@H]3C)n2)cc1. The molecule has 138 valence electrons. The van der Waals surface area contributed by atoms with Crippen molar-refractivity contribution in [1.82, 2.24) is 15.1 Å². The van der Waals surface area contributed by atoms with Gasteiger partial charge in [0.1, 0.15) is 6.54 Å². The van der Waals surface area contributed by atoms with Gasteiger partial charge in [-0.05, 0) is 31.2 Å². The number of aromatic nitrogens is 2. The summed E-state index contributed by atoms with van der Waals surface area (Å²) in [6.45, 7) is 6.41. The summed E-state index contributed by atoms with van der Waals surface area (Å²) < 4.78 is 1.25. The van der Waals surface area contributed by atoms with Gasteiger partial charge in [-0.15, -0.1) is 0 Å². The molecule has 0 saturated heterocycles. The molecular weight excluding hydrogens is 326 g/mol. The fourth-order valence-corrected chi connectivity index (χ4v) is 3.61. The summed E-state index contributed by atoms with van der Waals surface area (Å²) in [7, 11) is 0. The molecule has 5 nitrogen and oxygen atoms in total. The molecule has 1 saturated carbocycles. The molecule has 5 heteroatoms. The Morgan fingerprint density at radius 3 is 2.62 bits per heavy atom. The van der Waals surface area contributed by atoms with E-state index < -0.39 is 0 Å². The molecule has 2 aromatic rings. The molecule has 1 aromatic carbocycles. The first-order valence-electron chi connectivity index (χ1n) is 9.38. The lowest BCUT2D eigenvalue weighted by molar-refractivity contribution is -0.123. The molecule has 0 bridgehead atoms. The number of carbonyl (C=O) groups is 1. The molecule has 0 unspecified atom stereocenters. The van der Waals surface area contributed by atoms with Crippen LogP contribution in [0.4, 0.5) is 0 Å². The number of hydrogen-bond donors (Lipinski definition) is 1. The average Bonchev–Trinajstić information content (AvgIpc) is 2.62. The standard InChI is InChI=1S/C21H27N3O2/c1-14-7-9-17(10-8-14)19-11-12-21(26)24(23-19)13-20(25)22-18-6-4-5-15(2)16(18)3/h7-12,15-16,18H,4-6,13H2,1-3H3,(H,22,25)/t15-,16+,18-/m1/s1. The predicted molar refractivity (Wildman–Crippen MR) is 103 cm³/mol. The maximum atomic E-state index is 12.5. The van der Waals surface area contributed by atoms with Crippen LogP contribution in [0.2, 0.25) is 0 Å². The van der Waals surface area contributed by atoms with Gasteiger partial charge < -0.3 is 5.32 Å². The van der Waals surface area contributed by atoms with Gasteiger partial charge in [0.05, 0.1) is 5.69 Å². The van der Waals surface area contributed by atoms with Crippen molar-refractivity contribution in [1.29, 1.82) is 0 Å². The second kappa shape index (κ2) is 7.85. The van der Waals surface area contributed by atoms with E-state index in [-0.39, 0.29) is 24.1 Å². The summed E-state index contributed by atoms with van der Waals surface area (Å²) in [5.41, 5.74) is 2.52. The number of nitrogens with zero attached hydrogens (tertiary/aromatic N) is 2. The lowest BCUT2D eigenvalue weighted by atomic mass is 9.78. The second-order valence-electron chi connectivity index (χ2n) is 7.52. The van der Waals surface area contributed by atoms with Crippen molar-refractivity contribution in [3.8, 4) is 11.3 Å². The van der Waals surface area contributed by atoms with Crippen molar-refractivity contribution in [2.45, 2.75) is 52.6 Å². The van der Waals surface area contributed by atoms with Crippen LogP contribution in [0.5, 0.6) is 0 Å². The van der Waals surface area contributed by atoms with Crippen LogP contribution in [0.15, 0.2) is 41.2 Å². The van der Waals surface area contributed by atoms with Crippen LogP contribution in [0.1, 0.15) is 38.7 Å². The first kappa shape index (κ1) is 18.4. The molecule has 0 radical (unpaired) electrons. The summed E-state index contributed by atoms with van der Waals surface area (Å²) in [5, 5.41) is 7.49. The van der Waals surface area contributed by atoms with E-state index in [1.165, 1.54) is 17.2 Å². The van der Waals surface area contributed by atoms with Crippen LogP contribution in [0.3, 0.4) is 0 Å². The first-order valence-corrected chi connectivity index (χ1v) is 9.38. The van der Waals surface area contributed by atoms with Gasteiger partial charge in [0.15, 0.2) is 0 Å². The minimum atomic E-state index is -0.263. The van der Waals surface area contributed by atoms with Crippen molar-refractivity contribution >= 4 is 5.91 Å². The van der Waals surface area contributed by atoms with Gasteiger partial charge in [0.25, 0.3) is 5.56 Å². The highest BCUT2D eigenvalue weighted by Gasteiger charge is 2.28. The number of nitrogens with one attached hydrogen (secondary N) is 1. The smallest absolute Gasteiger partial charge is 0.267 e. The Morgan fingerprint density at radius 1 is 1.15 bits per heavy atom. The molecule has 1 aliphatic rings. The van der Waals surface area contributed by atoms with E-state index in [0.29, 0.717) is 17.5 Å². The van der Waals surface area contributed by atoms with E-state index in [9.17, 15) is 9.59 Å². The molecule has 1 amide bonds. The molecular formula is C21H27N3O2. The van der Waals surface area contributed by atoms with Gasteiger partial charge in [-0.1, -0.05) is 56.5 Å². The number of carbonyl (C=O) groups excluding carboxylic acids is 1. The highest BCUT2D eigenvalue weighted by molar-refractivity contribution is 5.76. The maximum absolute atomic E-state index is 12.5. The van der Waals surface area contributed by atoms with Crippen LogP contribution < -0.4 is 10.9 Å². The normalized spacial score (nSPS) is 22.8. The van der Waals surface area contributed by atoms with Gasteiger partial charge in [0, 0.05) is 17.7 Å². The molecule has 0 spiro atoms. The minimum Gasteiger partial charge on any atom is -0.351 e. The van der Waals surface area contributed by atoms with Crippen molar-refractivity contribution in [2.75, 3.05) is 0 Å². The topological polar surface area (TPSA) is 64.0 Å². The zero-order valence-electron chi connectivity index (χ0n) is 15.7. The second-order valence-corrected chi connectivity index (χ2v) is 7.52. The van der Waals surface area contributed by atoms with Gasteiger partial charge in [-0.3, -0.25) is 9.59 Å². The molecule has 0 aliphatic heterocycles. The lowest BCUT2D eigenvalue weighted by Crippen LogP contribution is -2.45. The van der Waals surface area contributed by atoms with Gasteiger partial charge in [-0.25, -0.2) is 4.68 Å². The Kier molecular flexibility index (Phi) is 5.55. The summed E-state index contributed by atoms with van der Waals surface area (Å²) in [5.74, 6) is 0.919. The molecule has 3 rings (SSSR count). The van der Waals surface area contributed by atoms with Gasteiger partial charge in [-0.2, -0.15) is 5.10 Å². The summed E-state index contributed by atoms with van der Waals surface area (Å²) >= 11 is 0. The van der Waals surface area contributed by atoms with Crippen molar-refractivity contribution < 1.29 is 4.79 Å². The fourth-order valence-electron chi connectivity index (χ4n) is 3.61. The first-order chi connectivity index (χ1) is 12.4. The largest absolute Gasteiger partial charge is 0.351 e. The summed E-state index contributed by atoms with van der Waals surface area (Å²) in [6.07, 6.45) is 3.35. The third kappa shape index (κ3) is 4.21. The van der Waals surface area contributed by atoms with E-state index in [4.69, 9.17) is 0 Å². The molecule has 1 aliphatic carbocycles. The molecule has 26 heavy (non-hydrogen) atoms. The van der Waals surface area contributed by atoms with Crippen molar-refractivity contribution in [3.05, 3.63) is 52.3 Å². The molecule has 3 atom stereocenters. The quantitative estimate of drug-likeness (QED) is 0.918. The minimum absolute atomic E-state index is 0.0455. The van der Waals surface area contributed by atoms with Crippen LogP contribution in [0.25, 0.3) is 11.3 Å². The van der Waals surface area contributed by atoms with Crippen LogP contribution in [-0.2, 0) is 11.3 Å². The zero-order chi connectivity index (χ0) is 18.7. The van der Waals surface area contributed by atoms with E-state index in [0.717, 1.165) is 24.0 Å². The Morgan fingerprint density at radius 2 is 1.88 bits per heavy atom. The van der Waals surface area contributed by atoms with Gasteiger partial charge in [0.2, 0.25) is 5.91 Å². The number of hydrogen-bond acceptors (Lipinski definition) is 3. The fraction of sp³-hybridized carbons (Fsp3) is 0.476. The van der Waals surface area contributed by atoms with E-state index >= 15 is 0 Å². The Hall–Kier alpha value is -2.43. The monoisotopic (exact) mass is 353 g/mol. The zero-order valence-corrected chi connectivity index (χ0v) is 15.7. The number of benzene rings is 1. The van der Waals surface area contributed by atoms with Crippen LogP contribution in [0, 0.1) is 18.8 Å². The molecule has 1 aromatic heterocycles.